The SMILES string of the molecule is CC(C)(C)OC(=O)N1CC[C@H]2CCC[C@@H]21. The Hall–Kier alpha value is -0.730. The highest BCUT2D eigenvalue weighted by atomic mass is 16.6. The number of ether oxygens (including phenoxy) is 1. The molecule has 0 N–H and O–H groups in total. The van der Waals surface area contributed by atoms with E-state index in [1.54, 1.807) is 0 Å². The maximum atomic E-state index is 11.9. The van der Waals surface area contributed by atoms with Gasteiger partial charge in [-0.1, -0.05) is 6.42 Å². The molecule has 2 rings (SSSR count). The van der Waals surface area contributed by atoms with Crippen LogP contribution in [0.3, 0.4) is 0 Å². The standard InChI is InChI=1S/C12H21NO2/c1-12(2,3)15-11(14)13-8-7-9-5-4-6-10(9)13/h9-10H,4-8H2,1-3H3/t9-,10+/m1/s1. The Bertz CT molecular complexity index is 257. The van der Waals surface area contributed by atoms with Crippen LogP contribution in [0.15, 0.2) is 0 Å². The largest absolute Gasteiger partial charge is 0.444 e. The summed E-state index contributed by atoms with van der Waals surface area (Å²) in [5, 5.41) is 0. The van der Waals surface area contributed by atoms with E-state index in [0.717, 1.165) is 12.5 Å². The molecule has 2 aliphatic rings. The molecule has 0 radical (unpaired) electrons. The molecule has 86 valence electrons. The molecule has 0 unspecified atom stereocenters. The second-order valence-corrected chi connectivity index (χ2v) is 5.72. The van der Waals surface area contributed by atoms with Gasteiger partial charge in [0.05, 0.1) is 0 Å². The molecule has 1 heterocycles. The minimum absolute atomic E-state index is 0.114. The van der Waals surface area contributed by atoms with Crippen molar-refractivity contribution in [2.45, 2.75) is 58.1 Å². The normalized spacial score (nSPS) is 30.5. The summed E-state index contributed by atoms with van der Waals surface area (Å²) in [4.78, 5) is 13.9. The van der Waals surface area contributed by atoms with Gasteiger partial charge in [-0.05, 0) is 46.0 Å². The number of fused-ring (bicyclic) bond motifs is 1. The summed E-state index contributed by atoms with van der Waals surface area (Å²) in [6.07, 6.45) is 4.80. The fourth-order valence-electron chi connectivity index (χ4n) is 2.78. The number of hydrogen-bond donors (Lipinski definition) is 0. The third-order valence-corrected chi connectivity index (χ3v) is 3.39. The quantitative estimate of drug-likeness (QED) is 0.616. The van der Waals surface area contributed by atoms with Crippen molar-refractivity contribution in [3.05, 3.63) is 0 Å². The first-order valence-electron chi connectivity index (χ1n) is 5.97. The summed E-state index contributed by atoms with van der Waals surface area (Å²) < 4.78 is 5.42. The first-order chi connectivity index (χ1) is 6.97. The monoisotopic (exact) mass is 211 g/mol. The minimum atomic E-state index is -0.367. The molecule has 3 nitrogen and oxygen atoms in total. The van der Waals surface area contributed by atoms with E-state index in [0.29, 0.717) is 6.04 Å². The molecule has 1 aliphatic carbocycles. The van der Waals surface area contributed by atoms with Gasteiger partial charge in [-0.2, -0.15) is 0 Å². The van der Waals surface area contributed by atoms with E-state index >= 15 is 0 Å². The van der Waals surface area contributed by atoms with Gasteiger partial charge >= 0.3 is 6.09 Å². The summed E-state index contributed by atoms with van der Waals surface area (Å²) in [6, 6.07) is 0.472. The average molecular weight is 211 g/mol. The maximum absolute atomic E-state index is 11.9. The first kappa shape index (κ1) is 10.8. The van der Waals surface area contributed by atoms with Crippen LogP contribution in [0.4, 0.5) is 4.79 Å². The van der Waals surface area contributed by atoms with Gasteiger partial charge in [-0.3, -0.25) is 0 Å². The van der Waals surface area contributed by atoms with Crippen molar-refractivity contribution < 1.29 is 9.53 Å². The second-order valence-electron chi connectivity index (χ2n) is 5.72. The highest BCUT2D eigenvalue weighted by Gasteiger charge is 2.41. The summed E-state index contributed by atoms with van der Waals surface area (Å²) in [5.74, 6) is 0.748. The predicted molar refractivity (Wildman–Crippen MR) is 58.7 cm³/mol. The zero-order chi connectivity index (χ0) is 11.1. The lowest BCUT2D eigenvalue weighted by atomic mass is 10.1. The fourth-order valence-corrected chi connectivity index (χ4v) is 2.78. The Kier molecular flexibility index (Phi) is 2.65. The van der Waals surface area contributed by atoms with Crippen molar-refractivity contribution in [2.75, 3.05) is 6.54 Å². The highest BCUT2D eigenvalue weighted by molar-refractivity contribution is 5.69. The van der Waals surface area contributed by atoms with E-state index in [-0.39, 0.29) is 11.7 Å². The van der Waals surface area contributed by atoms with Crippen LogP contribution in [0, 0.1) is 5.92 Å². The van der Waals surface area contributed by atoms with E-state index < -0.39 is 0 Å². The van der Waals surface area contributed by atoms with Crippen molar-refractivity contribution in [1.82, 2.24) is 4.90 Å². The van der Waals surface area contributed by atoms with E-state index in [2.05, 4.69) is 0 Å². The van der Waals surface area contributed by atoms with Crippen LogP contribution in [0.25, 0.3) is 0 Å². The lowest BCUT2D eigenvalue weighted by Crippen LogP contribution is -2.40. The van der Waals surface area contributed by atoms with Gasteiger partial charge in [0.2, 0.25) is 0 Å². The number of rotatable bonds is 0. The van der Waals surface area contributed by atoms with Crippen LogP contribution in [0.5, 0.6) is 0 Å². The Morgan fingerprint density at radius 2 is 2.00 bits per heavy atom. The lowest BCUT2D eigenvalue weighted by Gasteiger charge is -2.28. The Balaban J connectivity index is 1.96. The third kappa shape index (κ3) is 2.27. The van der Waals surface area contributed by atoms with E-state index in [9.17, 15) is 4.79 Å². The fraction of sp³-hybridized carbons (Fsp3) is 0.917. The van der Waals surface area contributed by atoms with Gasteiger partial charge in [0.1, 0.15) is 5.60 Å². The molecule has 1 saturated carbocycles. The molecular formula is C12H21NO2. The van der Waals surface area contributed by atoms with Crippen LogP contribution >= 0.6 is 0 Å². The number of carbonyl (C=O) groups excluding carboxylic acids is 1. The van der Waals surface area contributed by atoms with Crippen molar-refractivity contribution >= 4 is 6.09 Å². The molecule has 1 saturated heterocycles. The summed E-state index contributed by atoms with van der Waals surface area (Å²) in [5.41, 5.74) is -0.367. The molecule has 2 atom stereocenters. The number of nitrogens with zero attached hydrogens (tertiary/aromatic N) is 1. The summed E-state index contributed by atoms with van der Waals surface area (Å²) in [7, 11) is 0. The van der Waals surface area contributed by atoms with E-state index in [1.807, 2.05) is 25.7 Å². The minimum Gasteiger partial charge on any atom is -0.444 e. The molecule has 3 heteroatoms. The predicted octanol–water partition coefficient (Wildman–Crippen LogP) is 2.80. The van der Waals surface area contributed by atoms with Gasteiger partial charge in [-0.15, -0.1) is 0 Å². The Labute approximate surface area is 91.8 Å². The molecule has 2 fully saturated rings. The topological polar surface area (TPSA) is 29.5 Å². The van der Waals surface area contributed by atoms with Gasteiger partial charge in [0.25, 0.3) is 0 Å². The molecule has 0 aromatic carbocycles. The number of carbonyl (C=O) groups is 1. The number of likely N-dealkylation sites (tertiary alicyclic amines) is 1. The summed E-state index contributed by atoms with van der Waals surface area (Å²) in [6.45, 7) is 6.66. The second kappa shape index (κ2) is 3.69. The van der Waals surface area contributed by atoms with Gasteiger partial charge in [0.15, 0.2) is 0 Å². The Morgan fingerprint density at radius 3 is 2.67 bits per heavy atom. The van der Waals surface area contributed by atoms with Crippen LogP contribution in [0.2, 0.25) is 0 Å². The van der Waals surface area contributed by atoms with Crippen molar-refractivity contribution in [1.29, 1.82) is 0 Å². The average Bonchev–Trinajstić information content (AvgIpc) is 2.57. The van der Waals surface area contributed by atoms with Crippen LogP contribution < -0.4 is 0 Å². The first-order valence-corrected chi connectivity index (χ1v) is 5.97. The molecule has 1 amide bonds. The molecule has 0 aromatic rings. The maximum Gasteiger partial charge on any atom is 0.410 e. The number of amides is 1. The zero-order valence-corrected chi connectivity index (χ0v) is 9.95. The molecular weight excluding hydrogens is 190 g/mol. The van der Waals surface area contributed by atoms with Crippen LogP contribution in [0.1, 0.15) is 46.5 Å². The van der Waals surface area contributed by atoms with Crippen molar-refractivity contribution in [3.63, 3.8) is 0 Å². The van der Waals surface area contributed by atoms with E-state index in [4.69, 9.17) is 4.74 Å². The van der Waals surface area contributed by atoms with Gasteiger partial charge < -0.3 is 9.64 Å². The van der Waals surface area contributed by atoms with E-state index in [1.165, 1.54) is 25.7 Å². The molecule has 0 bridgehead atoms. The Morgan fingerprint density at radius 1 is 1.27 bits per heavy atom. The van der Waals surface area contributed by atoms with Gasteiger partial charge in [-0.25, -0.2) is 4.79 Å². The van der Waals surface area contributed by atoms with Gasteiger partial charge in [0, 0.05) is 12.6 Å². The molecule has 0 spiro atoms. The zero-order valence-electron chi connectivity index (χ0n) is 9.95. The molecule has 0 aromatic heterocycles. The number of hydrogen-bond acceptors (Lipinski definition) is 2. The van der Waals surface area contributed by atoms with Crippen LogP contribution in [-0.4, -0.2) is 29.2 Å². The summed E-state index contributed by atoms with van der Waals surface area (Å²) >= 11 is 0. The smallest absolute Gasteiger partial charge is 0.410 e. The third-order valence-electron chi connectivity index (χ3n) is 3.39. The molecule has 15 heavy (non-hydrogen) atoms. The lowest BCUT2D eigenvalue weighted by molar-refractivity contribution is 0.0218. The highest BCUT2D eigenvalue weighted by Crippen LogP contribution is 2.38. The van der Waals surface area contributed by atoms with Crippen molar-refractivity contribution in [3.8, 4) is 0 Å². The van der Waals surface area contributed by atoms with Crippen molar-refractivity contribution in [2.24, 2.45) is 5.92 Å². The van der Waals surface area contributed by atoms with Crippen LogP contribution in [-0.2, 0) is 4.74 Å². The molecule has 1 aliphatic heterocycles.